The summed E-state index contributed by atoms with van der Waals surface area (Å²) in [5.41, 5.74) is 15.5. The van der Waals surface area contributed by atoms with Gasteiger partial charge in [-0.3, -0.25) is 43.4 Å². The highest BCUT2D eigenvalue weighted by molar-refractivity contribution is 6.13. The fourth-order valence-corrected chi connectivity index (χ4v) is 8.80. The van der Waals surface area contributed by atoms with Crippen molar-refractivity contribution in [2.24, 2.45) is 22.4 Å². The smallest absolute Gasteiger partial charge is 0.410 e. The molecule has 0 fully saturated rings. The summed E-state index contributed by atoms with van der Waals surface area (Å²) in [5, 5.41) is 13.6. The van der Waals surface area contributed by atoms with Crippen LogP contribution >= 0.6 is 0 Å². The molecule has 3 aromatic rings. The fraction of sp³-hybridized carbons (Fsp3) is 0.444. The molecule has 23 nitrogen and oxygen atoms in total. The number of amidine groups is 1. The van der Waals surface area contributed by atoms with Crippen LogP contribution in [0.3, 0.4) is 0 Å². The second-order valence-electron chi connectivity index (χ2n) is 19.3. The highest BCUT2D eigenvalue weighted by Gasteiger charge is 2.30. The lowest BCUT2D eigenvalue weighted by Crippen LogP contribution is -2.54. The Bertz CT molecular complexity index is 2770. The van der Waals surface area contributed by atoms with Crippen molar-refractivity contribution >= 4 is 82.6 Å². The highest BCUT2D eigenvalue weighted by atomic mass is 16.6. The van der Waals surface area contributed by atoms with Gasteiger partial charge in [0.05, 0.1) is 18.4 Å². The number of primary amides is 1. The molecule has 2 atom stereocenters. The fourth-order valence-electron chi connectivity index (χ4n) is 8.80. The monoisotopic (exact) mass is 1060 g/mol. The Morgan fingerprint density at radius 3 is 2.27 bits per heavy atom. The van der Waals surface area contributed by atoms with Crippen molar-refractivity contribution in [1.29, 1.82) is 0 Å². The quantitative estimate of drug-likeness (QED) is 0.0459. The number of rotatable bonds is 25. The number of pyridine rings is 2. The molecule has 3 aliphatic rings. The first-order chi connectivity index (χ1) is 36.9. The van der Waals surface area contributed by atoms with Gasteiger partial charge in [0.15, 0.2) is 5.82 Å². The lowest BCUT2D eigenvalue weighted by atomic mass is 10.0. The first kappa shape index (κ1) is 57.8. The van der Waals surface area contributed by atoms with E-state index in [0.717, 1.165) is 29.0 Å². The van der Waals surface area contributed by atoms with Crippen molar-refractivity contribution in [2.75, 3.05) is 43.4 Å². The zero-order valence-electron chi connectivity index (χ0n) is 44.0. The molecule has 0 radical (unpaired) electrons. The number of urea groups is 1. The van der Waals surface area contributed by atoms with Crippen molar-refractivity contribution in [3.63, 3.8) is 0 Å². The molecule has 9 N–H and O–H groups in total. The largest absolute Gasteiger partial charge is 0.445 e. The predicted octanol–water partition coefficient (Wildman–Crippen LogP) is 4.35. The van der Waals surface area contributed by atoms with E-state index < -0.39 is 41.9 Å². The van der Waals surface area contributed by atoms with Gasteiger partial charge in [-0.1, -0.05) is 46.2 Å². The summed E-state index contributed by atoms with van der Waals surface area (Å²) in [6.45, 7) is 9.65. The Morgan fingerprint density at radius 2 is 1.58 bits per heavy atom. The summed E-state index contributed by atoms with van der Waals surface area (Å²) in [7, 11) is 0. The summed E-state index contributed by atoms with van der Waals surface area (Å²) >= 11 is 0. The summed E-state index contributed by atoms with van der Waals surface area (Å²) in [5.74, 6) is -2.75. The predicted molar refractivity (Wildman–Crippen MR) is 287 cm³/mol. The van der Waals surface area contributed by atoms with E-state index in [1.807, 2.05) is 13.8 Å². The minimum Gasteiger partial charge on any atom is -0.445 e. The number of benzene rings is 1. The highest BCUT2D eigenvalue weighted by Crippen LogP contribution is 2.27. The molecule has 23 heteroatoms. The average Bonchev–Trinajstić information content (AvgIpc) is 3.61. The van der Waals surface area contributed by atoms with Crippen molar-refractivity contribution in [1.82, 2.24) is 40.6 Å². The third-order valence-corrected chi connectivity index (χ3v) is 12.8. The molecule has 410 valence electrons. The van der Waals surface area contributed by atoms with E-state index in [9.17, 15) is 43.2 Å². The number of nitrogens with zero attached hydrogens (tertiary/aromatic N) is 6. The van der Waals surface area contributed by atoms with Gasteiger partial charge in [0.25, 0.3) is 17.7 Å². The van der Waals surface area contributed by atoms with Crippen LogP contribution in [0.4, 0.5) is 26.8 Å². The molecule has 0 saturated carbocycles. The van der Waals surface area contributed by atoms with Gasteiger partial charge >= 0.3 is 12.1 Å². The van der Waals surface area contributed by atoms with Gasteiger partial charge in [-0.25, -0.2) is 19.6 Å². The Morgan fingerprint density at radius 1 is 0.857 bits per heavy atom. The molecule has 6 rings (SSSR count). The van der Waals surface area contributed by atoms with Gasteiger partial charge in [0.1, 0.15) is 30.2 Å². The number of imide groups is 1. The third kappa shape index (κ3) is 16.7. The summed E-state index contributed by atoms with van der Waals surface area (Å²) in [4.78, 5) is 133. The van der Waals surface area contributed by atoms with Crippen LogP contribution in [0.1, 0.15) is 118 Å². The van der Waals surface area contributed by atoms with Crippen LogP contribution in [0, 0.1) is 5.92 Å². The molecule has 0 bridgehead atoms. The number of nitrogens with two attached hydrogens (primary N) is 2. The van der Waals surface area contributed by atoms with E-state index in [-0.39, 0.29) is 98.8 Å². The van der Waals surface area contributed by atoms with Gasteiger partial charge in [-0.2, -0.15) is 0 Å². The normalized spacial score (nSPS) is 14.5. The lowest BCUT2D eigenvalue weighted by Gasteiger charge is -2.28. The zero-order valence-corrected chi connectivity index (χ0v) is 44.0. The van der Waals surface area contributed by atoms with Crippen molar-refractivity contribution in [2.45, 2.75) is 117 Å². The first-order valence-corrected chi connectivity index (χ1v) is 26.0. The van der Waals surface area contributed by atoms with E-state index >= 15 is 0 Å². The average molecular weight is 1060 g/mol. The standard InChI is InChI=1S/C54H69N13O10/c1-5-23-65(24-6-2)52(74)36-27-35-15-18-42(61-48(35)63-43(55)29-36)50(72)60-39-28-37-31-66(26-21-40(37)58-30-39)54(76)77-32-34-13-16-38(17-14-34)59-49(71)41(11-10-22-57-53(56)75)62-51(73)47(33(3)4)64-44(68)12-8-7-9-25-67-45(69)19-20-46(67)70/h13-20,27-28,30,33,41,47H,5-12,21-26,29,31-32H2,1-4H3,(H,59,71)(H,60,72)(H,62,73)(H,64,68)(H2,55,61,63)(H3,56,57,75)/t41-,47-/m0/s1. The Balaban J connectivity index is 0.990. The number of anilines is 2. The zero-order chi connectivity index (χ0) is 55.6. The number of carbonyl (C=O) groups is 9. The minimum atomic E-state index is -1.07. The van der Waals surface area contributed by atoms with Crippen LogP contribution < -0.4 is 38.1 Å². The van der Waals surface area contributed by atoms with Crippen LogP contribution in [-0.2, 0) is 53.1 Å². The molecule has 0 saturated heterocycles. The van der Waals surface area contributed by atoms with Crippen LogP contribution in [0.25, 0.3) is 6.08 Å². The van der Waals surface area contributed by atoms with E-state index in [4.69, 9.17) is 16.2 Å². The van der Waals surface area contributed by atoms with Gasteiger partial charge in [-0.05, 0) is 92.0 Å². The number of nitrogens with one attached hydrogen (secondary N) is 5. The Labute approximate surface area is 447 Å². The molecule has 0 spiro atoms. The van der Waals surface area contributed by atoms with Crippen LogP contribution in [0.5, 0.6) is 0 Å². The van der Waals surface area contributed by atoms with E-state index in [1.54, 1.807) is 73.5 Å². The van der Waals surface area contributed by atoms with E-state index in [2.05, 4.69) is 41.5 Å². The molecule has 5 heterocycles. The number of aliphatic imine (C=N–C) groups is 1. The Kier molecular flexibility index (Phi) is 20.9. The maximum absolute atomic E-state index is 13.7. The molecule has 1 aromatic carbocycles. The molecule has 2 aromatic heterocycles. The van der Waals surface area contributed by atoms with Crippen LogP contribution in [0.15, 0.2) is 71.4 Å². The summed E-state index contributed by atoms with van der Waals surface area (Å²) in [6.07, 6.45) is 9.47. The van der Waals surface area contributed by atoms with Gasteiger partial charge < -0.3 is 52.6 Å². The second kappa shape index (κ2) is 27.9. The third-order valence-electron chi connectivity index (χ3n) is 12.8. The lowest BCUT2D eigenvalue weighted by molar-refractivity contribution is -0.137. The van der Waals surface area contributed by atoms with Crippen LogP contribution in [-0.4, -0.2) is 129 Å². The maximum Gasteiger partial charge on any atom is 0.410 e. The SMILES string of the molecule is CCCN(CCC)C(=O)C1=Cc2ccc(C(=O)Nc3cnc4c(c3)CN(C(=O)OCc3ccc(NC(=O)[C@H](CCCNC(N)=O)NC(=O)[C@@H](NC(=O)CCCCCN5C(=O)C=CC5=O)C(C)C)cc3)CC4)nc2N=C(N)C1. The second-order valence-corrected chi connectivity index (χ2v) is 19.3. The number of hydrogen-bond acceptors (Lipinski definition) is 14. The van der Waals surface area contributed by atoms with Crippen LogP contribution in [0.2, 0.25) is 0 Å². The molecule has 0 aliphatic carbocycles. The minimum absolute atomic E-state index is 0.0772. The number of ether oxygens (including phenoxy) is 1. The maximum atomic E-state index is 13.7. The van der Waals surface area contributed by atoms with Gasteiger partial charge in [0.2, 0.25) is 23.6 Å². The molecule has 0 unspecified atom stereocenters. The number of carbonyl (C=O) groups excluding carboxylic acids is 9. The Hall–Kier alpha value is -8.50. The van der Waals surface area contributed by atoms with Crippen molar-refractivity contribution in [3.05, 3.63) is 94.5 Å². The molecule has 3 aliphatic heterocycles. The van der Waals surface area contributed by atoms with Gasteiger partial charge in [0, 0.05) is 86.7 Å². The first-order valence-electron chi connectivity index (χ1n) is 26.0. The van der Waals surface area contributed by atoms with E-state index in [1.165, 1.54) is 17.1 Å². The topological polar surface area (TPSA) is 323 Å². The number of hydrogen-bond donors (Lipinski definition) is 7. The van der Waals surface area contributed by atoms with E-state index in [0.29, 0.717) is 73.4 Å². The molecular weight excluding hydrogens is 991 g/mol. The summed E-state index contributed by atoms with van der Waals surface area (Å²) in [6, 6.07) is 8.81. The van der Waals surface area contributed by atoms with Crippen molar-refractivity contribution < 1.29 is 47.9 Å². The molecular formula is C54H69N13O10. The number of unbranched alkanes of at least 4 members (excludes halogenated alkanes) is 2. The number of aromatic nitrogens is 2. The molecule has 77 heavy (non-hydrogen) atoms. The van der Waals surface area contributed by atoms with Gasteiger partial charge in [-0.15, -0.1) is 0 Å². The summed E-state index contributed by atoms with van der Waals surface area (Å²) < 4.78 is 5.67. The number of amides is 10. The number of fused-ring (bicyclic) bond motifs is 2. The molecule has 10 amide bonds. The van der Waals surface area contributed by atoms with Crippen molar-refractivity contribution in [3.8, 4) is 0 Å².